The number of nitrogens with zero attached hydrogens (tertiary/aromatic N) is 1. The van der Waals surface area contributed by atoms with E-state index in [1.807, 2.05) is 0 Å². The molecule has 0 aliphatic carbocycles. The zero-order chi connectivity index (χ0) is 10.1. The lowest BCUT2D eigenvalue weighted by atomic mass is 10.4. The van der Waals surface area contributed by atoms with Crippen molar-refractivity contribution in [1.82, 2.24) is 10.2 Å². The molecule has 5 heteroatoms. The minimum absolute atomic E-state index is 0.292. The van der Waals surface area contributed by atoms with E-state index in [1.54, 1.807) is 0 Å². The van der Waals surface area contributed by atoms with Crippen LogP contribution < -0.4 is 5.32 Å². The van der Waals surface area contributed by atoms with Gasteiger partial charge in [-0.05, 0) is 0 Å². The van der Waals surface area contributed by atoms with E-state index in [0.29, 0.717) is 6.61 Å². The lowest BCUT2D eigenvalue weighted by molar-refractivity contribution is -0.134. The highest BCUT2D eigenvalue weighted by atomic mass is 16.4. The maximum Gasteiger partial charge on any atom is 0.300 e. The van der Waals surface area contributed by atoms with Crippen LogP contribution in [0.15, 0.2) is 0 Å². The van der Waals surface area contributed by atoms with E-state index >= 15 is 0 Å². The quantitative estimate of drug-likeness (QED) is 0.519. The number of hydrogen-bond donors (Lipinski definition) is 3. The zero-order valence-corrected chi connectivity index (χ0v) is 7.99. The molecule has 1 rings (SSSR count). The average molecular weight is 190 g/mol. The number of hydrogen-bond acceptors (Lipinski definition) is 4. The molecule has 1 heterocycles. The van der Waals surface area contributed by atoms with E-state index in [9.17, 15) is 0 Å². The van der Waals surface area contributed by atoms with Crippen molar-refractivity contribution in [3.05, 3.63) is 0 Å². The van der Waals surface area contributed by atoms with E-state index in [0.717, 1.165) is 39.6 Å². The van der Waals surface area contributed by atoms with Gasteiger partial charge in [-0.1, -0.05) is 0 Å². The van der Waals surface area contributed by atoms with Crippen LogP contribution in [0.3, 0.4) is 0 Å². The first-order valence-electron chi connectivity index (χ1n) is 4.40. The molecule has 1 fully saturated rings. The molecule has 0 radical (unpaired) electrons. The summed E-state index contributed by atoms with van der Waals surface area (Å²) in [7, 11) is 0. The second kappa shape index (κ2) is 7.97. The van der Waals surface area contributed by atoms with E-state index in [2.05, 4.69) is 10.2 Å². The van der Waals surface area contributed by atoms with E-state index in [-0.39, 0.29) is 0 Å². The molecule has 0 unspecified atom stereocenters. The maximum absolute atomic E-state index is 9.00. The van der Waals surface area contributed by atoms with Gasteiger partial charge in [0.1, 0.15) is 0 Å². The van der Waals surface area contributed by atoms with E-state index < -0.39 is 5.97 Å². The van der Waals surface area contributed by atoms with Gasteiger partial charge in [0.2, 0.25) is 0 Å². The lowest BCUT2D eigenvalue weighted by Crippen LogP contribution is -2.44. The molecule has 1 aliphatic rings. The highest BCUT2D eigenvalue weighted by Crippen LogP contribution is 1.88. The fraction of sp³-hybridized carbons (Fsp3) is 0.875. The Labute approximate surface area is 78.4 Å². The van der Waals surface area contributed by atoms with Crippen molar-refractivity contribution in [2.45, 2.75) is 6.92 Å². The van der Waals surface area contributed by atoms with Crippen LogP contribution in [0.4, 0.5) is 0 Å². The van der Waals surface area contributed by atoms with Gasteiger partial charge in [-0.2, -0.15) is 0 Å². The highest BCUT2D eigenvalue weighted by Gasteiger charge is 2.06. The first kappa shape index (κ1) is 12.3. The summed E-state index contributed by atoms with van der Waals surface area (Å²) in [6, 6.07) is 0. The summed E-state index contributed by atoms with van der Waals surface area (Å²) in [5.41, 5.74) is 0. The van der Waals surface area contributed by atoms with E-state index in [4.69, 9.17) is 15.0 Å². The molecule has 5 nitrogen and oxygen atoms in total. The van der Waals surface area contributed by atoms with Gasteiger partial charge in [-0.25, -0.2) is 0 Å². The first-order chi connectivity index (χ1) is 6.16. The molecule has 1 saturated heterocycles. The number of aliphatic hydroxyl groups excluding tert-OH is 1. The van der Waals surface area contributed by atoms with Crippen LogP contribution in [0, 0.1) is 0 Å². The number of piperazine rings is 1. The Morgan fingerprint density at radius 2 is 1.92 bits per heavy atom. The van der Waals surface area contributed by atoms with Gasteiger partial charge < -0.3 is 15.5 Å². The third kappa shape index (κ3) is 9.26. The molecule has 0 saturated carbocycles. The zero-order valence-electron chi connectivity index (χ0n) is 7.99. The van der Waals surface area contributed by atoms with Crippen LogP contribution in [0.1, 0.15) is 6.92 Å². The van der Waals surface area contributed by atoms with Crippen LogP contribution in [0.2, 0.25) is 0 Å². The van der Waals surface area contributed by atoms with Crippen molar-refractivity contribution in [3.63, 3.8) is 0 Å². The van der Waals surface area contributed by atoms with Gasteiger partial charge in [0.25, 0.3) is 5.97 Å². The molecule has 0 bridgehead atoms. The number of aliphatic hydroxyl groups is 1. The SMILES string of the molecule is CC(=O)O.OCCN1CCNCC1. The monoisotopic (exact) mass is 190 g/mol. The van der Waals surface area contributed by atoms with Crippen molar-refractivity contribution in [2.75, 3.05) is 39.3 Å². The molecule has 0 amide bonds. The molecule has 78 valence electrons. The summed E-state index contributed by atoms with van der Waals surface area (Å²) >= 11 is 0. The van der Waals surface area contributed by atoms with Crippen molar-refractivity contribution in [3.8, 4) is 0 Å². The molecule has 0 aromatic heterocycles. The Morgan fingerprint density at radius 3 is 2.31 bits per heavy atom. The van der Waals surface area contributed by atoms with Gasteiger partial charge in [-0.3, -0.25) is 9.69 Å². The third-order valence-electron chi connectivity index (χ3n) is 1.63. The van der Waals surface area contributed by atoms with Gasteiger partial charge >= 0.3 is 0 Å². The molecule has 1 aliphatic heterocycles. The maximum atomic E-state index is 9.00. The predicted octanol–water partition coefficient (Wildman–Crippen LogP) is -1.03. The largest absolute Gasteiger partial charge is 0.481 e. The second-order valence-corrected chi connectivity index (χ2v) is 2.83. The standard InChI is InChI=1S/C6H14N2O.C2H4O2/c9-6-5-8-3-1-7-2-4-8;1-2(3)4/h7,9H,1-6H2;1H3,(H,3,4). The number of β-amino-alcohol motifs (C(OH)–C–C–N with tert-alkyl or cyclic N) is 1. The summed E-state index contributed by atoms with van der Waals surface area (Å²) in [6.07, 6.45) is 0. The van der Waals surface area contributed by atoms with Crippen LogP contribution in [-0.2, 0) is 4.79 Å². The van der Waals surface area contributed by atoms with Gasteiger partial charge in [-0.15, -0.1) is 0 Å². The Bertz CT molecular complexity index is 129. The minimum Gasteiger partial charge on any atom is -0.481 e. The molecule has 3 N–H and O–H groups in total. The number of carboxylic acid groups (broad SMARTS) is 1. The molecular formula is C8H18N2O3. The normalized spacial score (nSPS) is 17.4. The van der Waals surface area contributed by atoms with Crippen molar-refractivity contribution in [1.29, 1.82) is 0 Å². The molecular weight excluding hydrogens is 172 g/mol. The van der Waals surface area contributed by atoms with Crippen molar-refractivity contribution >= 4 is 5.97 Å². The highest BCUT2D eigenvalue weighted by molar-refractivity contribution is 5.62. The average Bonchev–Trinajstić information content (AvgIpc) is 2.06. The number of nitrogens with one attached hydrogen (secondary N) is 1. The summed E-state index contributed by atoms with van der Waals surface area (Å²) in [4.78, 5) is 11.3. The number of carbonyl (C=O) groups is 1. The van der Waals surface area contributed by atoms with E-state index in [1.165, 1.54) is 0 Å². The van der Waals surface area contributed by atoms with Crippen LogP contribution >= 0.6 is 0 Å². The molecule has 0 spiro atoms. The van der Waals surface area contributed by atoms with Gasteiger partial charge in [0.15, 0.2) is 0 Å². The van der Waals surface area contributed by atoms with Gasteiger partial charge in [0, 0.05) is 39.6 Å². The number of rotatable bonds is 2. The van der Waals surface area contributed by atoms with Crippen LogP contribution in [-0.4, -0.2) is 60.4 Å². The summed E-state index contributed by atoms with van der Waals surface area (Å²) in [5.74, 6) is -0.833. The number of aliphatic carboxylic acids is 1. The topological polar surface area (TPSA) is 72.8 Å². The lowest BCUT2D eigenvalue weighted by Gasteiger charge is -2.25. The molecule has 0 aromatic carbocycles. The van der Waals surface area contributed by atoms with Crippen molar-refractivity contribution < 1.29 is 15.0 Å². The fourth-order valence-electron chi connectivity index (χ4n) is 1.08. The van der Waals surface area contributed by atoms with Crippen LogP contribution in [0.5, 0.6) is 0 Å². The van der Waals surface area contributed by atoms with Crippen LogP contribution in [0.25, 0.3) is 0 Å². The second-order valence-electron chi connectivity index (χ2n) is 2.83. The Hall–Kier alpha value is -0.650. The number of carboxylic acids is 1. The fourth-order valence-corrected chi connectivity index (χ4v) is 1.08. The third-order valence-corrected chi connectivity index (χ3v) is 1.63. The molecule has 0 aromatic rings. The minimum atomic E-state index is -0.833. The van der Waals surface area contributed by atoms with Gasteiger partial charge in [0.05, 0.1) is 6.61 Å². The smallest absolute Gasteiger partial charge is 0.300 e. The Balaban J connectivity index is 0.000000310. The Kier molecular flexibility index (Phi) is 7.57. The summed E-state index contributed by atoms with van der Waals surface area (Å²) < 4.78 is 0. The first-order valence-corrected chi connectivity index (χ1v) is 4.40. The molecule has 13 heavy (non-hydrogen) atoms. The summed E-state index contributed by atoms with van der Waals surface area (Å²) in [5, 5.41) is 19.2. The Morgan fingerprint density at radius 1 is 1.46 bits per heavy atom. The predicted molar refractivity (Wildman–Crippen MR) is 49.7 cm³/mol. The summed E-state index contributed by atoms with van der Waals surface area (Å²) in [6.45, 7) is 6.52. The van der Waals surface area contributed by atoms with Crippen molar-refractivity contribution in [2.24, 2.45) is 0 Å². The molecule has 0 atom stereocenters.